The van der Waals surface area contributed by atoms with Crippen LogP contribution in [0.15, 0.2) is 0 Å². The molecule has 0 unspecified atom stereocenters. The molecule has 0 amide bonds. The number of aliphatic hydroxyl groups is 1. The molecule has 4 aliphatic rings. The Morgan fingerprint density at radius 1 is 0.479 bits per heavy atom. The van der Waals surface area contributed by atoms with Gasteiger partial charge in [-0.2, -0.15) is 64.8 Å². The van der Waals surface area contributed by atoms with Crippen LogP contribution in [0, 0.1) is 5.92 Å². The fourth-order valence-electron chi connectivity index (χ4n) is 5.89. The lowest BCUT2D eigenvalue weighted by Gasteiger charge is -2.33. The highest BCUT2D eigenvalue weighted by Crippen LogP contribution is 2.44. The third-order valence-electron chi connectivity index (χ3n) is 10.3. The normalized spacial score (nSPS) is 22.6. The average Bonchev–Trinajstić information content (AvgIpc) is 3.21. The standard InChI is InChI=1S/C9H13F3O2.C9H14F2O2.C8H10F6O3S.C7H11F3O.C2F6O5S2/c1-2-14-7(13)8(10)3-5-9(11,12)6-4-8;1-2-13-8(12)7-3-5-9(10,11)6-4-7;9-6(1-3-7(10,11)4-2-6)5-17-18(15,16)8(12,13)14;8-6(5-11)1-3-7(9,10)4-2-6;3-1(4,5)14(9,10)13-15(11,12)2(6,7)8/h2-6H2,1H3;7H,2-6H2,1H3;1-5H2;11H,1-5H2;. The van der Waals surface area contributed by atoms with E-state index in [-0.39, 0.29) is 57.0 Å². The fraction of sp³-hybridized carbons (Fsp3) is 0.943. The predicted octanol–water partition coefficient (Wildman–Crippen LogP) is 10.2. The summed E-state index contributed by atoms with van der Waals surface area (Å²) in [5.74, 6) is -12.8. The lowest BCUT2D eigenvalue weighted by atomic mass is 9.84. The number of carbonyl (C=O) groups excluding carboxylic acids is 2. The zero-order valence-electron chi connectivity index (χ0n) is 36.8. The second-order valence-electron chi connectivity index (χ2n) is 16.1. The van der Waals surface area contributed by atoms with Gasteiger partial charge in [0.1, 0.15) is 17.9 Å². The zero-order valence-corrected chi connectivity index (χ0v) is 39.3. The first-order chi connectivity index (χ1) is 31.5. The average molecular weight is 1150 g/mol. The Morgan fingerprint density at radius 2 is 0.789 bits per heavy atom. The largest absolute Gasteiger partial charge is 0.524 e. The Labute approximate surface area is 393 Å². The molecule has 71 heavy (non-hydrogen) atoms. The summed E-state index contributed by atoms with van der Waals surface area (Å²) in [6.45, 7) is 1.63. The van der Waals surface area contributed by atoms with Gasteiger partial charge in [-0.3, -0.25) is 8.98 Å². The number of alkyl halides is 20. The van der Waals surface area contributed by atoms with Crippen LogP contribution in [0.4, 0.5) is 87.8 Å². The van der Waals surface area contributed by atoms with E-state index in [0.29, 0.717) is 6.61 Å². The van der Waals surface area contributed by atoms with Gasteiger partial charge in [-0.15, -0.1) is 3.63 Å². The Bertz CT molecular complexity index is 1960. The molecule has 0 bridgehead atoms. The first kappa shape index (κ1) is 68.3. The van der Waals surface area contributed by atoms with E-state index in [2.05, 4.69) is 8.92 Å². The molecule has 424 valence electrons. The second-order valence-corrected chi connectivity index (χ2v) is 21.0. The van der Waals surface area contributed by atoms with E-state index < -0.39 is 171 Å². The number of hydrogen-bond donors (Lipinski definition) is 1. The van der Waals surface area contributed by atoms with Crippen LogP contribution >= 0.6 is 0 Å². The van der Waals surface area contributed by atoms with Crippen molar-refractivity contribution in [3.63, 3.8) is 0 Å². The topological polar surface area (TPSA) is 194 Å². The van der Waals surface area contributed by atoms with Crippen LogP contribution in [0.5, 0.6) is 0 Å². The van der Waals surface area contributed by atoms with Gasteiger partial charge in [-0.25, -0.2) is 53.1 Å². The minimum Gasteiger partial charge on any atom is -0.466 e. The third-order valence-corrected chi connectivity index (χ3v) is 13.9. The van der Waals surface area contributed by atoms with Crippen LogP contribution < -0.4 is 0 Å². The first-order valence-electron chi connectivity index (χ1n) is 20.3. The van der Waals surface area contributed by atoms with Crippen molar-refractivity contribution in [2.75, 3.05) is 26.4 Å². The summed E-state index contributed by atoms with van der Waals surface area (Å²) >= 11 is 0. The highest BCUT2D eigenvalue weighted by molar-refractivity contribution is 8.00. The van der Waals surface area contributed by atoms with Crippen LogP contribution in [-0.4, -0.2) is 126 Å². The molecule has 0 aromatic heterocycles. The Balaban J connectivity index is 0.000000870. The van der Waals surface area contributed by atoms with Gasteiger partial charge in [0, 0.05) is 51.4 Å². The van der Waals surface area contributed by atoms with Gasteiger partial charge in [0.25, 0.3) is 0 Å². The molecule has 0 atom stereocenters. The van der Waals surface area contributed by atoms with E-state index >= 15 is 0 Å². The van der Waals surface area contributed by atoms with E-state index in [1.54, 1.807) is 13.8 Å². The van der Waals surface area contributed by atoms with Crippen molar-refractivity contribution in [2.24, 2.45) is 5.92 Å². The first-order valence-corrected chi connectivity index (χ1v) is 24.5. The van der Waals surface area contributed by atoms with E-state index in [9.17, 15) is 123 Å². The Hall–Kier alpha value is -2.73. The van der Waals surface area contributed by atoms with Crippen molar-refractivity contribution in [2.45, 2.75) is 174 Å². The molecule has 4 rings (SSSR count). The van der Waals surface area contributed by atoms with Crippen molar-refractivity contribution in [3.05, 3.63) is 0 Å². The van der Waals surface area contributed by atoms with Crippen molar-refractivity contribution < 1.29 is 145 Å². The van der Waals surface area contributed by atoms with Gasteiger partial charge < -0.3 is 14.6 Å². The fourth-order valence-corrected chi connectivity index (χ4v) is 7.95. The molecule has 0 heterocycles. The molecule has 4 aliphatic carbocycles. The summed E-state index contributed by atoms with van der Waals surface area (Å²) in [4.78, 5) is 22.2. The summed E-state index contributed by atoms with van der Waals surface area (Å²) in [5.41, 5.74) is -24.6. The zero-order chi connectivity index (χ0) is 56.2. The number of aliphatic hydroxyl groups excluding tert-OH is 1. The van der Waals surface area contributed by atoms with Crippen LogP contribution in [-0.2, 0) is 57.2 Å². The minimum atomic E-state index is -6.85. The van der Waals surface area contributed by atoms with Crippen LogP contribution in [0.1, 0.15) is 117 Å². The van der Waals surface area contributed by atoms with Gasteiger partial charge in [-0.1, -0.05) is 0 Å². The summed E-state index contributed by atoms with van der Waals surface area (Å²) < 4.78 is 321. The maximum absolute atomic E-state index is 13.7. The molecule has 4 fully saturated rings. The molecular weight excluding hydrogens is 1100 g/mol. The Kier molecular flexibility index (Phi) is 24.2. The Morgan fingerprint density at radius 3 is 1.10 bits per heavy atom. The van der Waals surface area contributed by atoms with E-state index in [0.717, 1.165) is 0 Å². The lowest BCUT2D eigenvalue weighted by molar-refractivity contribution is -0.165. The van der Waals surface area contributed by atoms with Gasteiger partial charge in [-0.05, 0) is 65.2 Å². The SMILES string of the molecule is CCOC(=O)C1(F)CCC(F)(F)CC1.CCOC(=O)C1CCC(F)(F)CC1.O=S(=O)(OCC1(F)CCC(F)(F)CC1)C(F)(F)F.O=S(=O)(OS(=O)(=O)C(F)(F)F)C(F)(F)F.OCC1(F)CCC(F)(F)CC1. The van der Waals surface area contributed by atoms with Gasteiger partial charge in [0.2, 0.25) is 29.4 Å². The maximum atomic E-state index is 13.7. The van der Waals surface area contributed by atoms with Gasteiger partial charge >= 0.3 is 58.8 Å². The number of ether oxygens (including phenoxy) is 2. The molecule has 0 aromatic rings. The summed E-state index contributed by atoms with van der Waals surface area (Å²) in [7, 11) is -19.6. The highest BCUT2D eigenvalue weighted by Gasteiger charge is 2.58. The van der Waals surface area contributed by atoms with E-state index in [4.69, 9.17) is 9.84 Å². The smallest absolute Gasteiger partial charge is 0.466 e. The van der Waals surface area contributed by atoms with E-state index in [1.807, 2.05) is 3.63 Å². The summed E-state index contributed by atoms with van der Waals surface area (Å²) in [6, 6.07) is 0. The predicted molar refractivity (Wildman–Crippen MR) is 201 cm³/mol. The molecule has 4 saturated carbocycles. The molecule has 0 radical (unpaired) electrons. The number of halogens is 20. The van der Waals surface area contributed by atoms with Gasteiger partial charge in [0.15, 0.2) is 0 Å². The van der Waals surface area contributed by atoms with E-state index in [1.165, 1.54) is 0 Å². The molecule has 13 nitrogen and oxygen atoms in total. The molecule has 1 N–H and O–H groups in total. The van der Waals surface area contributed by atoms with Crippen LogP contribution in [0.3, 0.4) is 0 Å². The van der Waals surface area contributed by atoms with Crippen molar-refractivity contribution in [3.8, 4) is 0 Å². The third kappa shape index (κ3) is 23.6. The summed E-state index contributed by atoms with van der Waals surface area (Å²) in [5, 5.41) is 8.50. The number of rotatable bonds is 10. The lowest BCUT2D eigenvalue weighted by Crippen LogP contribution is -2.42. The summed E-state index contributed by atoms with van der Waals surface area (Å²) in [6.07, 6.45) is -6.42. The molecule has 0 aliphatic heterocycles. The minimum absolute atomic E-state index is 0.0703. The number of hydrogen-bond acceptors (Lipinski definition) is 13. The molecule has 0 saturated heterocycles. The quantitative estimate of drug-likeness (QED) is 0.0941. The number of esters is 2. The number of carbonyl (C=O) groups is 2. The second kappa shape index (κ2) is 25.2. The van der Waals surface area contributed by atoms with Crippen molar-refractivity contribution in [1.29, 1.82) is 0 Å². The monoisotopic (exact) mass is 1150 g/mol. The highest BCUT2D eigenvalue weighted by atomic mass is 32.3. The van der Waals surface area contributed by atoms with Crippen LogP contribution in [0.25, 0.3) is 0 Å². The van der Waals surface area contributed by atoms with Gasteiger partial charge in [0.05, 0.1) is 25.7 Å². The molecule has 0 aromatic carbocycles. The molecular formula is C35H48F20O13S3. The molecule has 0 spiro atoms. The van der Waals surface area contributed by atoms with Crippen LogP contribution in [0.2, 0.25) is 0 Å². The van der Waals surface area contributed by atoms with Crippen molar-refractivity contribution >= 4 is 42.3 Å². The van der Waals surface area contributed by atoms with Crippen molar-refractivity contribution in [1.82, 2.24) is 0 Å². The maximum Gasteiger partial charge on any atom is 0.524 e. The molecule has 36 heteroatoms.